The molecule has 15 heteroatoms. The van der Waals surface area contributed by atoms with Crippen molar-refractivity contribution in [1.82, 2.24) is 19.5 Å². The molecule has 2 amide bonds. The van der Waals surface area contributed by atoms with E-state index in [0.29, 0.717) is 13.0 Å². The molecule has 1 unspecified atom stereocenters. The molecule has 4 heterocycles. The van der Waals surface area contributed by atoms with Crippen molar-refractivity contribution in [2.75, 3.05) is 23.3 Å². The lowest BCUT2D eigenvalue weighted by Gasteiger charge is -2.50. The van der Waals surface area contributed by atoms with E-state index in [4.69, 9.17) is 39.2 Å². The lowest BCUT2D eigenvalue weighted by Crippen LogP contribution is -2.57. The number of aliphatic hydroxyl groups is 1. The molecule has 2 N–H and O–H groups in total. The first-order chi connectivity index (χ1) is 16.8. The number of nitrogens with zero attached hydrogens (tertiary/aromatic N) is 5. The molecule has 0 bridgehead atoms. The van der Waals surface area contributed by atoms with Crippen molar-refractivity contribution in [2.45, 2.75) is 34.9 Å². The number of urea groups is 1. The maximum absolute atomic E-state index is 15.0. The molecule has 3 aromatic rings. The molecule has 0 saturated carbocycles. The molecular weight excluding hydrogens is 460 g/mol. The summed E-state index contributed by atoms with van der Waals surface area (Å²) in [5.41, 5.74) is -2.05. The number of aliphatic hydroxyl groups excluding tert-OH is 1. The molecule has 0 spiro atoms. The minimum absolute atomic E-state index is 0.0315. The molecular formula is C21H17B5F2N6O2. The van der Waals surface area contributed by atoms with Crippen molar-refractivity contribution in [2.24, 2.45) is 0 Å². The number of hydrogen-bond donors (Lipinski definition) is 2. The molecule has 2 aliphatic rings. The SMILES string of the molecule is [B]C1([B])CC([B])([B])C([B])(c2cc(F)ccc2F)N1c1ccn2ncc(NC(=O)N3CC[C@H](O)C3)c2n1. The number of carbonyl (C=O) groups excluding carboxylic acids is 1. The van der Waals surface area contributed by atoms with Crippen LogP contribution in [0.5, 0.6) is 0 Å². The monoisotopic (exact) mass is 478 g/mol. The van der Waals surface area contributed by atoms with Crippen LogP contribution in [0, 0.1) is 11.6 Å². The van der Waals surface area contributed by atoms with Crippen LogP contribution < -0.4 is 10.2 Å². The third-order valence-corrected chi connectivity index (χ3v) is 6.67. The number of β-amino-alcohol motifs (C(OH)–C–C–N with tert-alkyl or cyclic N) is 1. The summed E-state index contributed by atoms with van der Waals surface area (Å²) in [4.78, 5) is 19.8. The zero-order valence-corrected chi connectivity index (χ0v) is 19.1. The van der Waals surface area contributed by atoms with Gasteiger partial charge in [-0.25, -0.2) is 23.1 Å². The quantitative estimate of drug-likeness (QED) is 0.530. The van der Waals surface area contributed by atoms with Crippen molar-refractivity contribution < 1.29 is 18.7 Å². The number of likely N-dealkylation sites (tertiary alicyclic amines) is 1. The maximum atomic E-state index is 15.0. The van der Waals surface area contributed by atoms with E-state index < -0.39 is 39.8 Å². The fourth-order valence-electron chi connectivity index (χ4n) is 4.97. The maximum Gasteiger partial charge on any atom is 0.322 e. The Hall–Kier alpha value is -2.95. The number of nitrogens with one attached hydrogen (secondary N) is 1. The third-order valence-electron chi connectivity index (χ3n) is 6.67. The standard InChI is InChI=1S/C21H17B5F2N6O2/c22-19(23)10-20(24,25)34(21(19,26)13-7-11(27)1-2-14(13)28)16-4-6-33-17(31-16)15(8-29-33)30-18(36)32-5-3-12(35)9-32/h1-2,4,6-8,12,35H,3,5,9-10H2,(H,30,36)/t12-,21?/m0/s1. The number of hydrogen-bond acceptors (Lipinski definition) is 5. The van der Waals surface area contributed by atoms with Gasteiger partial charge in [-0.3, -0.25) is 0 Å². The van der Waals surface area contributed by atoms with E-state index in [2.05, 4.69) is 15.4 Å². The van der Waals surface area contributed by atoms with Crippen LogP contribution in [0.15, 0.2) is 36.7 Å². The van der Waals surface area contributed by atoms with Crippen LogP contribution >= 0.6 is 0 Å². The fraction of sp³-hybridized carbons (Fsp3) is 0.381. The van der Waals surface area contributed by atoms with E-state index in [1.54, 1.807) is 0 Å². The number of fused-ring (bicyclic) bond motifs is 1. The van der Waals surface area contributed by atoms with E-state index in [9.17, 15) is 18.7 Å². The number of carbonyl (C=O) groups is 1. The Balaban J connectivity index is 1.60. The first kappa shape index (κ1) is 24.7. The summed E-state index contributed by atoms with van der Waals surface area (Å²) in [5, 5.41) is 12.9. The molecule has 8 nitrogen and oxygen atoms in total. The molecule has 0 aliphatic carbocycles. The van der Waals surface area contributed by atoms with Gasteiger partial charge in [-0.15, -0.1) is 0 Å². The Kier molecular flexibility index (Phi) is 5.70. The molecule has 2 saturated heterocycles. The molecule has 2 atom stereocenters. The minimum Gasteiger partial charge on any atom is -0.391 e. The predicted molar refractivity (Wildman–Crippen MR) is 134 cm³/mol. The first-order valence-electron chi connectivity index (χ1n) is 11.1. The summed E-state index contributed by atoms with van der Waals surface area (Å²) in [7, 11) is 32.0. The Morgan fingerprint density at radius 2 is 1.92 bits per heavy atom. The van der Waals surface area contributed by atoms with Gasteiger partial charge in [-0.05, 0) is 36.0 Å². The van der Waals surface area contributed by atoms with Crippen molar-refractivity contribution in [3.05, 3.63) is 53.9 Å². The lowest BCUT2D eigenvalue weighted by atomic mass is 9.37. The smallest absolute Gasteiger partial charge is 0.322 e. The summed E-state index contributed by atoms with van der Waals surface area (Å²) in [6, 6.07) is 3.72. The van der Waals surface area contributed by atoms with Gasteiger partial charge in [0.15, 0.2) is 5.65 Å². The first-order valence-corrected chi connectivity index (χ1v) is 11.1. The summed E-state index contributed by atoms with van der Waals surface area (Å²) < 4.78 is 30.5. The highest BCUT2D eigenvalue weighted by molar-refractivity contribution is 6.51. The largest absolute Gasteiger partial charge is 0.391 e. The van der Waals surface area contributed by atoms with Gasteiger partial charge in [-0.1, -0.05) is 11.6 Å². The minimum atomic E-state index is -2.12. The van der Waals surface area contributed by atoms with Crippen molar-refractivity contribution >= 4 is 62.4 Å². The number of halogens is 2. The van der Waals surface area contributed by atoms with Crippen molar-refractivity contribution in [3.8, 4) is 0 Å². The van der Waals surface area contributed by atoms with E-state index in [1.807, 2.05) is 0 Å². The van der Waals surface area contributed by atoms with Crippen LogP contribution in [0.4, 0.5) is 25.1 Å². The number of aromatic nitrogens is 3. The third kappa shape index (κ3) is 3.79. The van der Waals surface area contributed by atoms with Gasteiger partial charge in [0, 0.05) is 30.3 Å². The second kappa shape index (κ2) is 8.29. The topological polar surface area (TPSA) is 86.0 Å². The normalized spacial score (nSPS) is 24.9. The number of rotatable bonds is 3. The Morgan fingerprint density at radius 1 is 1.17 bits per heavy atom. The van der Waals surface area contributed by atoms with Crippen molar-refractivity contribution in [1.29, 1.82) is 0 Å². The second-order valence-corrected chi connectivity index (χ2v) is 9.37. The highest BCUT2D eigenvalue weighted by atomic mass is 19.1. The van der Waals surface area contributed by atoms with Gasteiger partial charge in [-0.2, -0.15) is 5.10 Å². The molecule has 2 fully saturated rings. The molecule has 172 valence electrons. The van der Waals surface area contributed by atoms with Crippen LogP contribution in [0.3, 0.4) is 0 Å². The Labute approximate surface area is 212 Å². The summed E-state index contributed by atoms with van der Waals surface area (Å²) in [6.45, 7) is 0.593. The van der Waals surface area contributed by atoms with Gasteiger partial charge >= 0.3 is 6.03 Å². The highest BCUT2D eigenvalue weighted by Gasteiger charge is 2.58. The highest BCUT2D eigenvalue weighted by Crippen LogP contribution is 2.58. The van der Waals surface area contributed by atoms with E-state index in [1.165, 1.54) is 27.9 Å². The summed E-state index contributed by atoms with van der Waals surface area (Å²) >= 11 is 0. The number of amides is 2. The van der Waals surface area contributed by atoms with Crippen molar-refractivity contribution in [3.63, 3.8) is 0 Å². The van der Waals surface area contributed by atoms with Crippen LogP contribution in [-0.4, -0.2) is 94.4 Å². The average molecular weight is 477 g/mol. The molecule has 1 aromatic carbocycles. The van der Waals surface area contributed by atoms with Crippen LogP contribution in [-0.2, 0) is 5.44 Å². The fourth-order valence-corrected chi connectivity index (χ4v) is 4.97. The number of anilines is 2. The van der Waals surface area contributed by atoms with Gasteiger partial charge in [0.25, 0.3) is 0 Å². The van der Waals surface area contributed by atoms with Crippen LogP contribution in [0.25, 0.3) is 5.65 Å². The lowest BCUT2D eigenvalue weighted by molar-refractivity contribution is 0.176. The van der Waals surface area contributed by atoms with Gasteiger partial charge in [0.2, 0.25) is 0 Å². The molecule has 36 heavy (non-hydrogen) atoms. The number of benzene rings is 1. The van der Waals surface area contributed by atoms with Gasteiger partial charge in [0.05, 0.1) is 43.7 Å². The summed E-state index contributed by atoms with van der Waals surface area (Å²) in [6.07, 6.45) is 2.47. The zero-order chi connectivity index (χ0) is 26.0. The van der Waals surface area contributed by atoms with Crippen LogP contribution in [0.2, 0.25) is 5.21 Å². The zero-order valence-electron chi connectivity index (χ0n) is 19.1. The van der Waals surface area contributed by atoms with E-state index in [-0.39, 0.29) is 35.7 Å². The van der Waals surface area contributed by atoms with Crippen LogP contribution in [0.1, 0.15) is 18.4 Å². The van der Waals surface area contributed by atoms with Gasteiger partial charge in [0.1, 0.15) is 31.0 Å². The van der Waals surface area contributed by atoms with E-state index in [0.717, 1.165) is 23.1 Å². The average Bonchev–Trinajstić information content (AvgIpc) is 3.43. The molecule has 10 radical (unpaired) electrons. The van der Waals surface area contributed by atoms with E-state index >= 15 is 0 Å². The molecule has 2 aliphatic heterocycles. The Bertz CT molecular complexity index is 1360. The Morgan fingerprint density at radius 3 is 2.61 bits per heavy atom. The second-order valence-electron chi connectivity index (χ2n) is 9.37. The summed E-state index contributed by atoms with van der Waals surface area (Å²) in [5.74, 6) is -1.60. The predicted octanol–water partition coefficient (Wildman–Crippen LogP) is 0.282. The molecule has 2 aromatic heterocycles. The van der Waals surface area contributed by atoms with Gasteiger partial charge < -0.3 is 20.2 Å². The molecule has 5 rings (SSSR count).